The van der Waals surface area contributed by atoms with Gasteiger partial charge in [0.1, 0.15) is 0 Å². The number of hydrogen-bond acceptors (Lipinski definition) is 2. The first-order valence-corrected chi connectivity index (χ1v) is 3.88. The molecule has 0 aliphatic rings. The Morgan fingerprint density at radius 2 is 2.15 bits per heavy atom. The first-order valence-electron chi connectivity index (χ1n) is 3.34. The van der Waals surface area contributed by atoms with Crippen molar-refractivity contribution in [1.29, 1.82) is 0 Å². The van der Waals surface area contributed by atoms with Gasteiger partial charge in [-0.05, 0) is 0 Å². The van der Waals surface area contributed by atoms with Gasteiger partial charge in [-0.2, -0.15) is 4.39 Å². The lowest BCUT2D eigenvalue weighted by Gasteiger charge is -2.08. The van der Waals surface area contributed by atoms with Gasteiger partial charge in [0.05, 0.1) is 11.6 Å². The van der Waals surface area contributed by atoms with Gasteiger partial charge in [-0.3, -0.25) is 0 Å². The summed E-state index contributed by atoms with van der Waals surface area (Å²) < 4.78 is 37.2. The maximum atomic E-state index is 12.7. The van der Waals surface area contributed by atoms with Crippen LogP contribution in [-0.4, -0.2) is 4.98 Å². The van der Waals surface area contributed by atoms with Crippen LogP contribution < -0.4 is 5.73 Å². The van der Waals surface area contributed by atoms with Gasteiger partial charge in [0.15, 0.2) is 0 Å². The average Bonchev–Trinajstić information content (AvgIpc) is 2.09. The highest BCUT2D eigenvalue weighted by Gasteiger charge is 2.17. The molecule has 0 bridgehead atoms. The highest BCUT2D eigenvalue weighted by Crippen LogP contribution is 2.28. The monoisotopic (exact) mass is 210 g/mol. The maximum absolute atomic E-state index is 12.7. The highest BCUT2D eigenvalue weighted by atomic mass is 35.5. The topological polar surface area (TPSA) is 38.9 Å². The van der Waals surface area contributed by atoms with Crippen LogP contribution in [0.1, 0.15) is 17.6 Å². The number of nitrogen functional groups attached to an aromatic ring is 1. The SMILES string of the molecule is Nc1c(F)ncc(C(F)F)c1CCl. The van der Waals surface area contributed by atoms with E-state index in [9.17, 15) is 13.2 Å². The summed E-state index contributed by atoms with van der Waals surface area (Å²) in [5.41, 5.74) is 4.25. The van der Waals surface area contributed by atoms with E-state index in [1.807, 2.05) is 0 Å². The van der Waals surface area contributed by atoms with Crippen LogP contribution in [0.25, 0.3) is 0 Å². The number of alkyl halides is 3. The summed E-state index contributed by atoms with van der Waals surface area (Å²) >= 11 is 5.35. The summed E-state index contributed by atoms with van der Waals surface area (Å²) in [6.45, 7) is 0. The van der Waals surface area contributed by atoms with Crippen LogP contribution in [0.4, 0.5) is 18.9 Å². The molecule has 0 saturated heterocycles. The lowest BCUT2D eigenvalue weighted by Crippen LogP contribution is -2.04. The minimum Gasteiger partial charge on any atom is -0.395 e. The molecule has 1 heterocycles. The van der Waals surface area contributed by atoms with E-state index < -0.39 is 23.6 Å². The zero-order valence-corrected chi connectivity index (χ0v) is 7.15. The van der Waals surface area contributed by atoms with Gasteiger partial charge in [-0.25, -0.2) is 13.8 Å². The van der Waals surface area contributed by atoms with Gasteiger partial charge in [-0.1, -0.05) is 0 Å². The third-order valence-corrected chi connectivity index (χ3v) is 1.85. The summed E-state index contributed by atoms with van der Waals surface area (Å²) in [6.07, 6.45) is -2.00. The second-order valence-corrected chi connectivity index (χ2v) is 2.60. The van der Waals surface area contributed by atoms with Crippen LogP contribution in [0.2, 0.25) is 0 Å². The summed E-state index contributed by atoms with van der Waals surface area (Å²) in [4.78, 5) is 3.08. The molecule has 0 unspecified atom stereocenters. The number of nitrogens with two attached hydrogens (primary N) is 1. The van der Waals surface area contributed by atoms with E-state index in [0.29, 0.717) is 0 Å². The van der Waals surface area contributed by atoms with Gasteiger partial charge >= 0.3 is 0 Å². The molecule has 2 nitrogen and oxygen atoms in total. The number of halogens is 4. The maximum Gasteiger partial charge on any atom is 0.265 e. The van der Waals surface area contributed by atoms with E-state index in [2.05, 4.69) is 4.98 Å². The van der Waals surface area contributed by atoms with Crippen molar-refractivity contribution in [1.82, 2.24) is 4.98 Å². The summed E-state index contributed by atoms with van der Waals surface area (Å²) in [7, 11) is 0. The first kappa shape index (κ1) is 10.1. The fourth-order valence-electron chi connectivity index (χ4n) is 0.891. The van der Waals surface area contributed by atoms with Crippen molar-refractivity contribution in [2.24, 2.45) is 0 Å². The van der Waals surface area contributed by atoms with Crippen molar-refractivity contribution in [2.45, 2.75) is 12.3 Å². The van der Waals surface area contributed by atoms with E-state index >= 15 is 0 Å². The molecule has 1 aromatic heterocycles. The van der Waals surface area contributed by atoms with Crippen LogP contribution in [0.3, 0.4) is 0 Å². The fourth-order valence-corrected chi connectivity index (χ4v) is 1.19. The van der Waals surface area contributed by atoms with Crippen molar-refractivity contribution in [3.05, 3.63) is 23.3 Å². The van der Waals surface area contributed by atoms with Crippen molar-refractivity contribution in [2.75, 3.05) is 5.73 Å². The lowest BCUT2D eigenvalue weighted by molar-refractivity contribution is 0.150. The third-order valence-electron chi connectivity index (χ3n) is 1.58. The number of hydrogen-bond donors (Lipinski definition) is 1. The normalized spacial score (nSPS) is 10.8. The number of anilines is 1. The molecule has 1 aromatic rings. The molecule has 13 heavy (non-hydrogen) atoms. The Morgan fingerprint density at radius 3 is 2.62 bits per heavy atom. The summed E-state index contributed by atoms with van der Waals surface area (Å²) in [6, 6.07) is 0. The van der Waals surface area contributed by atoms with Crippen LogP contribution >= 0.6 is 11.6 Å². The molecular weight excluding hydrogens is 205 g/mol. The van der Waals surface area contributed by atoms with E-state index in [-0.39, 0.29) is 11.4 Å². The Kier molecular flexibility index (Phi) is 2.98. The minimum absolute atomic E-state index is 0.0934. The molecule has 2 N–H and O–H groups in total. The molecule has 72 valence electrons. The molecule has 0 aliphatic heterocycles. The van der Waals surface area contributed by atoms with E-state index in [1.165, 1.54) is 0 Å². The number of rotatable bonds is 2. The summed E-state index contributed by atoms with van der Waals surface area (Å²) in [5.74, 6) is -1.23. The molecule has 0 amide bonds. The Labute approximate surface area is 77.5 Å². The predicted octanol–water partition coefficient (Wildman–Crippen LogP) is 2.48. The molecule has 0 aliphatic carbocycles. The molecule has 0 saturated carbocycles. The Bertz CT molecular complexity index is 317. The van der Waals surface area contributed by atoms with Crippen LogP contribution in [0.15, 0.2) is 6.20 Å². The Balaban J connectivity index is 3.30. The van der Waals surface area contributed by atoms with E-state index in [1.54, 1.807) is 0 Å². The van der Waals surface area contributed by atoms with Gasteiger partial charge in [-0.15, -0.1) is 11.6 Å². The first-order chi connectivity index (χ1) is 6.07. The highest BCUT2D eigenvalue weighted by molar-refractivity contribution is 6.17. The smallest absolute Gasteiger partial charge is 0.265 e. The molecule has 0 aromatic carbocycles. The molecule has 0 atom stereocenters. The minimum atomic E-state index is -2.75. The zero-order chi connectivity index (χ0) is 10.0. The fraction of sp³-hybridized carbons (Fsp3) is 0.286. The van der Waals surface area contributed by atoms with Gasteiger partial charge in [0.25, 0.3) is 6.43 Å². The van der Waals surface area contributed by atoms with Crippen LogP contribution in [-0.2, 0) is 5.88 Å². The third kappa shape index (κ3) is 1.85. The quantitative estimate of drug-likeness (QED) is 0.602. The van der Waals surface area contributed by atoms with Crippen LogP contribution in [0.5, 0.6) is 0 Å². The second kappa shape index (κ2) is 3.83. The Hall–Kier alpha value is -0.970. The van der Waals surface area contributed by atoms with E-state index in [0.717, 1.165) is 6.20 Å². The lowest BCUT2D eigenvalue weighted by atomic mass is 10.1. The second-order valence-electron chi connectivity index (χ2n) is 2.33. The molecular formula is C7H6ClF3N2. The van der Waals surface area contributed by atoms with Gasteiger partial charge in [0.2, 0.25) is 5.95 Å². The number of nitrogens with zero attached hydrogens (tertiary/aromatic N) is 1. The van der Waals surface area contributed by atoms with E-state index in [4.69, 9.17) is 17.3 Å². The van der Waals surface area contributed by atoms with Crippen molar-refractivity contribution < 1.29 is 13.2 Å². The van der Waals surface area contributed by atoms with Crippen molar-refractivity contribution >= 4 is 17.3 Å². The zero-order valence-electron chi connectivity index (χ0n) is 6.40. The molecule has 0 fully saturated rings. The largest absolute Gasteiger partial charge is 0.395 e. The Morgan fingerprint density at radius 1 is 1.54 bits per heavy atom. The molecule has 1 rings (SSSR count). The number of pyridine rings is 1. The van der Waals surface area contributed by atoms with Gasteiger partial charge < -0.3 is 5.73 Å². The van der Waals surface area contributed by atoms with Crippen molar-refractivity contribution in [3.63, 3.8) is 0 Å². The predicted molar refractivity (Wildman–Crippen MR) is 43.1 cm³/mol. The standard InChI is InChI=1S/C7H6ClF3N2/c8-1-3-4(6(9)10)2-13-7(11)5(3)12/h2,6H,1,12H2. The molecule has 0 spiro atoms. The number of aromatic nitrogens is 1. The van der Waals surface area contributed by atoms with Gasteiger partial charge in [0, 0.05) is 17.3 Å². The molecule has 6 heteroatoms. The molecule has 0 radical (unpaired) electrons. The van der Waals surface area contributed by atoms with Crippen LogP contribution in [0, 0.1) is 5.95 Å². The summed E-state index contributed by atoms with van der Waals surface area (Å²) in [5, 5.41) is 0. The average molecular weight is 211 g/mol. The van der Waals surface area contributed by atoms with Crippen molar-refractivity contribution in [3.8, 4) is 0 Å².